The van der Waals surface area contributed by atoms with E-state index in [-0.39, 0.29) is 0 Å². The molecule has 0 aliphatic carbocycles. The van der Waals surface area contributed by atoms with Gasteiger partial charge in [0.2, 0.25) is 0 Å². The quantitative estimate of drug-likeness (QED) is 0.844. The standard InChI is InChI=1S/C15H25NO/c1-11(2)8-15(17,9-12(3)4)14-7-6-13(5)16-10-14/h6-7,10-12,17H,8-9H2,1-5H3. The van der Waals surface area contributed by atoms with Gasteiger partial charge in [0.15, 0.2) is 0 Å². The summed E-state index contributed by atoms with van der Waals surface area (Å²) < 4.78 is 0. The first-order chi connectivity index (χ1) is 7.83. The van der Waals surface area contributed by atoms with Crippen LogP contribution in [0.1, 0.15) is 51.8 Å². The molecule has 0 radical (unpaired) electrons. The fourth-order valence-electron chi connectivity index (χ4n) is 2.41. The molecule has 0 atom stereocenters. The van der Waals surface area contributed by atoms with Crippen molar-refractivity contribution in [2.24, 2.45) is 11.8 Å². The number of aliphatic hydroxyl groups is 1. The van der Waals surface area contributed by atoms with Gasteiger partial charge in [0.05, 0.1) is 5.60 Å². The van der Waals surface area contributed by atoms with Crippen LogP contribution < -0.4 is 0 Å². The molecule has 0 saturated heterocycles. The van der Waals surface area contributed by atoms with Crippen LogP contribution >= 0.6 is 0 Å². The van der Waals surface area contributed by atoms with Gasteiger partial charge in [-0.05, 0) is 37.7 Å². The molecule has 0 aliphatic heterocycles. The van der Waals surface area contributed by atoms with E-state index in [1.165, 1.54) is 0 Å². The van der Waals surface area contributed by atoms with E-state index in [9.17, 15) is 5.11 Å². The van der Waals surface area contributed by atoms with E-state index >= 15 is 0 Å². The molecule has 0 saturated carbocycles. The molecule has 0 unspecified atom stereocenters. The average molecular weight is 235 g/mol. The fraction of sp³-hybridized carbons (Fsp3) is 0.667. The first kappa shape index (κ1) is 14.2. The zero-order valence-electron chi connectivity index (χ0n) is 11.7. The van der Waals surface area contributed by atoms with Crippen LogP contribution in [0.15, 0.2) is 18.3 Å². The van der Waals surface area contributed by atoms with Crippen molar-refractivity contribution in [3.63, 3.8) is 0 Å². The van der Waals surface area contributed by atoms with Crippen molar-refractivity contribution >= 4 is 0 Å². The SMILES string of the molecule is Cc1ccc(C(O)(CC(C)C)CC(C)C)cn1. The Morgan fingerprint density at radius 3 is 2.00 bits per heavy atom. The van der Waals surface area contributed by atoms with E-state index in [0.29, 0.717) is 11.8 Å². The Morgan fingerprint density at radius 2 is 1.65 bits per heavy atom. The van der Waals surface area contributed by atoms with Crippen LogP contribution in [-0.2, 0) is 5.60 Å². The van der Waals surface area contributed by atoms with Crippen LogP contribution in [0.4, 0.5) is 0 Å². The van der Waals surface area contributed by atoms with Gasteiger partial charge in [-0.2, -0.15) is 0 Å². The van der Waals surface area contributed by atoms with Crippen molar-refractivity contribution in [2.75, 3.05) is 0 Å². The van der Waals surface area contributed by atoms with Gasteiger partial charge < -0.3 is 5.11 Å². The van der Waals surface area contributed by atoms with Crippen LogP contribution in [0.5, 0.6) is 0 Å². The zero-order chi connectivity index (χ0) is 13.1. The highest BCUT2D eigenvalue weighted by Crippen LogP contribution is 2.34. The van der Waals surface area contributed by atoms with Gasteiger partial charge >= 0.3 is 0 Å². The smallest absolute Gasteiger partial charge is 0.0916 e. The Morgan fingerprint density at radius 1 is 1.12 bits per heavy atom. The number of nitrogens with zero attached hydrogens (tertiary/aromatic N) is 1. The van der Waals surface area contributed by atoms with Crippen molar-refractivity contribution < 1.29 is 5.11 Å². The molecule has 1 N–H and O–H groups in total. The first-order valence-electron chi connectivity index (χ1n) is 6.49. The number of rotatable bonds is 5. The van der Waals surface area contributed by atoms with Crippen molar-refractivity contribution in [1.82, 2.24) is 4.98 Å². The number of hydrogen-bond donors (Lipinski definition) is 1. The Bertz CT molecular complexity index is 330. The summed E-state index contributed by atoms with van der Waals surface area (Å²) in [5, 5.41) is 10.9. The number of aromatic nitrogens is 1. The maximum Gasteiger partial charge on any atom is 0.0916 e. The topological polar surface area (TPSA) is 33.1 Å². The Labute approximate surface area is 105 Å². The second kappa shape index (κ2) is 5.63. The van der Waals surface area contributed by atoms with Crippen LogP contribution in [-0.4, -0.2) is 10.1 Å². The van der Waals surface area contributed by atoms with Crippen LogP contribution in [0.2, 0.25) is 0 Å². The Hall–Kier alpha value is -0.890. The molecule has 2 heteroatoms. The summed E-state index contributed by atoms with van der Waals surface area (Å²) in [6, 6.07) is 3.98. The highest BCUT2D eigenvalue weighted by molar-refractivity contribution is 5.20. The van der Waals surface area contributed by atoms with E-state index in [1.54, 1.807) is 0 Å². The molecule has 0 aromatic carbocycles. The molecular weight excluding hydrogens is 210 g/mol. The van der Waals surface area contributed by atoms with E-state index < -0.39 is 5.60 Å². The van der Waals surface area contributed by atoms with Crippen molar-refractivity contribution in [3.05, 3.63) is 29.6 Å². The molecule has 0 aliphatic rings. The second-order valence-corrected chi connectivity index (χ2v) is 5.92. The summed E-state index contributed by atoms with van der Waals surface area (Å²) in [5.74, 6) is 0.945. The summed E-state index contributed by atoms with van der Waals surface area (Å²) >= 11 is 0. The molecule has 1 aromatic rings. The molecule has 96 valence electrons. The van der Waals surface area contributed by atoms with Gasteiger partial charge in [-0.15, -0.1) is 0 Å². The lowest BCUT2D eigenvalue weighted by molar-refractivity contribution is -0.00480. The lowest BCUT2D eigenvalue weighted by Gasteiger charge is -2.32. The van der Waals surface area contributed by atoms with E-state index in [1.807, 2.05) is 25.3 Å². The molecule has 1 aromatic heterocycles. The summed E-state index contributed by atoms with van der Waals surface area (Å²) in [6.07, 6.45) is 3.39. The molecule has 0 spiro atoms. The molecule has 1 rings (SSSR count). The predicted molar refractivity (Wildman–Crippen MR) is 71.8 cm³/mol. The zero-order valence-corrected chi connectivity index (χ0v) is 11.7. The second-order valence-electron chi connectivity index (χ2n) is 5.92. The third-order valence-corrected chi connectivity index (χ3v) is 2.94. The molecule has 0 bridgehead atoms. The van der Waals surface area contributed by atoms with Gasteiger partial charge in [-0.25, -0.2) is 0 Å². The average Bonchev–Trinajstić information content (AvgIpc) is 2.15. The fourth-order valence-corrected chi connectivity index (χ4v) is 2.41. The van der Waals surface area contributed by atoms with Crippen LogP contribution in [0, 0.1) is 18.8 Å². The van der Waals surface area contributed by atoms with E-state index in [2.05, 4.69) is 32.7 Å². The van der Waals surface area contributed by atoms with E-state index in [0.717, 1.165) is 24.1 Å². The van der Waals surface area contributed by atoms with Gasteiger partial charge in [0.25, 0.3) is 0 Å². The van der Waals surface area contributed by atoms with Gasteiger partial charge in [0.1, 0.15) is 0 Å². The number of pyridine rings is 1. The van der Waals surface area contributed by atoms with Crippen molar-refractivity contribution in [3.8, 4) is 0 Å². The minimum absolute atomic E-state index is 0.472. The Balaban J connectivity index is 3.00. The third-order valence-electron chi connectivity index (χ3n) is 2.94. The van der Waals surface area contributed by atoms with E-state index in [4.69, 9.17) is 0 Å². The highest BCUT2D eigenvalue weighted by atomic mass is 16.3. The van der Waals surface area contributed by atoms with Crippen molar-refractivity contribution in [2.45, 2.75) is 53.1 Å². The normalized spacial score (nSPS) is 12.5. The third kappa shape index (κ3) is 4.12. The molecular formula is C15H25NO. The molecule has 0 fully saturated rings. The lowest BCUT2D eigenvalue weighted by atomic mass is 9.80. The number of hydrogen-bond acceptors (Lipinski definition) is 2. The summed E-state index contributed by atoms with van der Waals surface area (Å²) in [4.78, 5) is 4.30. The number of aryl methyl sites for hydroxylation is 1. The predicted octanol–water partition coefficient (Wildman–Crippen LogP) is 3.67. The molecule has 1 heterocycles. The summed E-state index contributed by atoms with van der Waals surface area (Å²) in [5.41, 5.74) is 1.21. The molecule has 17 heavy (non-hydrogen) atoms. The largest absolute Gasteiger partial charge is 0.385 e. The van der Waals surface area contributed by atoms with Gasteiger partial charge in [0, 0.05) is 17.5 Å². The summed E-state index contributed by atoms with van der Waals surface area (Å²) in [7, 11) is 0. The summed E-state index contributed by atoms with van der Waals surface area (Å²) in [6.45, 7) is 10.5. The monoisotopic (exact) mass is 235 g/mol. The van der Waals surface area contributed by atoms with Crippen molar-refractivity contribution in [1.29, 1.82) is 0 Å². The van der Waals surface area contributed by atoms with Crippen LogP contribution in [0.25, 0.3) is 0 Å². The maximum absolute atomic E-state index is 10.9. The first-order valence-corrected chi connectivity index (χ1v) is 6.49. The minimum atomic E-state index is -0.733. The Kier molecular flexibility index (Phi) is 4.70. The lowest BCUT2D eigenvalue weighted by Crippen LogP contribution is -2.29. The van der Waals surface area contributed by atoms with Crippen LogP contribution in [0.3, 0.4) is 0 Å². The van der Waals surface area contributed by atoms with Gasteiger partial charge in [-0.3, -0.25) is 4.98 Å². The molecule has 0 amide bonds. The maximum atomic E-state index is 10.9. The minimum Gasteiger partial charge on any atom is -0.385 e. The molecule has 2 nitrogen and oxygen atoms in total. The van der Waals surface area contributed by atoms with Gasteiger partial charge in [-0.1, -0.05) is 33.8 Å². The highest BCUT2D eigenvalue weighted by Gasteiger charge is 2.31.